The van der Waals surface area contributed by atoms with Crippen LogP contribution in [0, 0.1) is 5.92 Å². The van der Waals surface area contributed by atoms with E-state index in [0.29, 0.717) is 18.6 Å². The van der Waals surface area contributed by atoms with Crippen molar-refractivity contribution in [1.82, 2.24) is 20.3 Å². The van der Waals surface area contributed by atoms with Crippen LogP contribution in [0.4, 0.5) is 0 Å². The van der Waals surface area contributed by atoms with Crippen LogP contribution in [-0.2, 0) is 22.6 Å². The van der Waals surface area contributed by atoms with Crippen molar-refractivity contribution in [2.24, 2.45) is 5.92 Å². The van der Waals surface area contributed by atoms with Gasteiger partial charge in [0.1, 0.15) is 5.69 Å². The number of nitrogens with one attached hydrogen (secondary N) is 1. The first kappa shape index (κ1) is 14.9. The maximum absolute atomic E-state index is 5.87. The standard InChI is InChI=1S/C16H22N4O3/c1-4-22-10-13(1)16-15-11-23-9-12(8-20(15)19-18-16)7-17-14-2-5-21-6-3-14/h1,4,10,12,14,17H,2-3,5-9,11H2. The van der Waals surface area contributed by atoms with E-state index in [0.717, 1.165) is 62.7 Å². The zero-order valence-electron chi connectivity index (χ0n) is 13.1. The number of rotatable bonds is 4. The van der Waals surface area contributed by atoms with Gasteiger partial charge in [-0.3, -0.25) is 0 Å². The van der Waals surface area contributed by atoms with E-state index in [1.165, 1.54) is 0 Å². The molecule has 0 spiro atoms. The summed E-state index contributed by atoms with van der Waals surface area (Å²) < 4.78 is 18.4. The highest BCUT2D eigenvalue weighted by Gasteiger charge is 2.23. The molecule has 2 aliphatic heterocycles. The van der Waals surface area contributed by atoms with Crippen LogP contribution in [0.5, 0.6) is 0 Å². The minimum Gasteiger partial charge on any atom is -0.472 e. The Balaban J connectivity index is 1.41. The first-order valence-electron chi connectivity index (χ1n) is 8.24. The average molecular weight is 318 g/mol. The number of furan rings is 1. The zero-order valence-corrected chi connectivity index (χ0v) is 13.1. The molecule has 2 aliphatic rings. The minimum absolute atomic E-state index is 0.401. The predicted octanol–water partition coefficient (Wildman–Crippen LogP) is 1.45. The Morgan fingerprint density at radius 3 is 3.00 bits per heavy atom. The van der Waals surface area contributed by atoms with Crippen molar-refractivity contribution in [3.05, 3.63) is 24.3 Å². The van der Waals surface area contributed by atoms with E-state index >= 15 is 0 Å². The highest BCUT2D eigenvalue weighted by molar-refractivity contribution is 5.59. The van der Waals surface area contributed by atoms with E-state index in [4.69, 9.17) is 13.9 Å². The Morgan fingerprint density at radius 1 is 1.26 bits per heavy atom. The van der Waals surface area contributed by atoms with Crippen LogP contribution in [0.2, 0.25) is 0 Å². The average Bonchev–Trinajstić information content (AvgIpc) is 3.20. The van der Waals surface area contributed by atoms with Crippen molar-refractivity contribution in [2.75, 3.05) is 26.4 Å². The maximum atomic E-state index is 5.87. The fraction of sp³-hybridized carbons (Fsp3) is 0.625. The van der Waals surface area contributed by atoms with Gasteiger partial charge in [0.25, 0.3) is 0 Å². The van der Waals surface area contributed by atoms with Crippen LogP contribution >= 0.6 is 0 Å². The first-order chi connectivity index (χ1) is 11.4. The molecule has 23 heavy (non-hydrogen) atoms. The molecule has 0 aromatic carbocycles. The van der Waals surface area contributed by atoms with Crippen LogP contribution in [0.1, 0.15) is 18.5 Å². The molecule has 1 N–H and O–H groups in total. The summed E-state index contributed by atoms with van der Waals surface area (Å²) in [4.78, 5) is 0. The molecule has 2 aromatic rings. The van der Waals surface area contributed by atoms with Gasteiger partial charge in [-0.2, -0.15) is 0 Å². The summed E-state index contributed by atoms with van der Waals surface area (Å²) in [6, 6.07) is 2.46. The van der Waals surface area contributed by atoms with Crippen LogP contribution in [0.15, 0.2) is 23.0 Å². The van der Waals surface area contributed by atoms with E-state index in [1.54, 1.807) is 12.5 Å². The van der Waals surface area contributed by atoms with Gasteiger partial charge in [0.2, 0.25) is 0 Å². The Hall–Kier alpha value is -1.70. The van der Waals surface area contributed by atoms with Gasteiger partial charge in [0.05, 0.1) is 31.4 Å². The third-order valence-electron chi connectivity index (χ3n) is 4.57. The molecular weight excluding hydrogens is 296 g/mol. The van der Waals surface area contributed by atoms with E-state index in [9.17, 15) is 0 Å². The Labute approximate surface area is 134 Å². The summed E-state index contributed by atoms with van der Waals surface area (Å²) in [5.74, 6) is 0.401. The van der Waals surface area contributed by atoms with Crippen molar-refractivity contribution >= 4 is 0 Å². The Kier molecular flexibility index (Phi) is 4.41. The second-order valence-electron chi connectivity index (χ2n) is 6.25. The number of ether oxygens (including phenoxy) is 2. The van der Waals surface area contributed by atoms with Gasteiger partial charge in [-0.25, -0.2) is 4.68 Å². The SMILES string of the molecule is c1cc(-c2nnn3c2COCC(CNC2CCOCC2)C3)co1. The van der Waals surface area contributed by atoms with Crippen molar-refractivity contribution in [3.63, 3.8) is 0 Å². The maximum Gasteiger partial charge on any atom is 0.121 e. The minimum atomic E-state index is 0.401. The molecule has 124 valence electrons. The fourth-order valence-corrected chi connectivity index (χ4v) is 3.22. The molecule has 0 bridgehead atoms. The molecule has 0 radical (unpaired) electrons. The third kappa shape index (κ3) is 3.31. The molecule has 1 saturated heterocycles. The number of hydrogen-bond donors (Lipinski definition) is 1. The lowest BCUT2D eigenvalue weighted by atomic mass is 10.1. The number of aromatic nitrogens is 3. The van der Waals surface area contributed by atoms with E-state index < -0.39 is 0 Å². The number of hydrogen-bond acceptors (Lipinski definition) is 6. The monoisotopic (exact) mass is 318 g/mol. The molecule has 0 aliphatic carbocycles. The summed E-state index contributed by atoms with van der Waals surface area (Å²) in [6.45, 7) is 4.77. The molecule has 0 amide bonds. The lowest BCUT2D eigenvalue weighted by Crippen LogP contribution is -2.39. The normalized spacial score (nSPS) is 22.7. The lowest BCUT2D eigenvalue weighted by Gasteiger charge is -2.25. The summed E-state index contributed by atoms with van der Waals surface area (Å²) in [5.41, 5.74) is 2.84. The van der Waals surface area contributed by atoms with Crippen LogP contribution in [0.3, 0.4) is 0 Å². The molecule has 1 atom stereocenters. The van der Waals surface area contributed by atoms with Gasteiger partial charge in [-0.15, -0.1) is 5.10 Å². The van der Waals surface area contributed by atoms with E-state index in [-0.39, 0.29) is 0 Å². The molecule has 1 fully saturated rings. The lowest BCUT2D eigenvalue weighted by molar-refractivity contribution is 0.0694. The van der Waals surface area contributed by atoms with Gasteiger partial charge in [-0.1, -0.05) is 5.21 Å². The summed E-state index contributed by atoms with van der Waals surface area (Å²) in [6.07, 6.45) is 5.53. The number of nitrogens with zero attached hydrogens (tertiary/aromatic N) is 3. The van der Waals surface area contributed by atoms with Gasteiger partial charge < -0.3 is 19.2 Å². The second-order valence-corrected chi connectivity index (χ2v) is 6.25. The summed E-state index contributed by atoms with van der Waals surface area (Å²) in [5, 5.41) is 12.3. The van der Waals surface area contributed by atoms with Crippen LogP contribution in [0.25, 0.3) is 11.3 Å². The molecule has 2 aromatic heterocycles. The number of fused-ring (bicyclic) bond motifs is 1. The molecule has 4 heterocycles. The van der Waals surface area contributed by atoms with Crippen molar-refractivity contribution in [3.8, 4) is 11.3 Å². The van der Waals surface area contributed by atoms with Crippen LogP contribution in [-0.4, -0.2) is 47.4 Å². The predicted molar refractivity (Wildman–Crippen MR) is 82.7 cm³/mol. The van der Waals surface area contributed by atoms with Gasteiger partial charge in [0.15, 0.2) is 0 Å². The van der Waals surface area contributed by atoms with Gasteiger partial charge in [0, 0.05) is 43.8 Å². The Morgan fingerprint density at radius 2 is 2.17 bits per heavy atom. The molecule has 7 nitrogen and oxygen atoms in total. The highest BCUT2D eigenvalue weighted by atomic mass is 16.5. The Bertz CT molecular complexity index is 619. The first-order valence-corrected chi connectivity index (χ1v) is 8.24. The highest BCUT2D eigenvalue weighted by Crippen LogP contribution is 2.24. The molecular formula is C16H22N4O3. The fourth-order valence-electron chi connectivity index (χ4n) is 3.22. The topological polar surface area (TPSA) is 74.3 Å². The van der Waals surface area contributed by atoms with E-state index in [2.05, 4.69) is 15.6 Å². The quantitative estimate of drug-likeness (QED) is 0.920. The van der Waals surface area contributed by atoms with Crippen molar-refractivity contribution in [2.45, 2.75) is 32.0 Å². The van der Waals surface area contributed by atoms with Gasteiger partial charge >= 0.3 is 0 Å². The zero-order chi connectivity index (χ0) is 15.5. The molecule has 0 saturated carbocycles. The third-order valence-corrected chi connectivity index (χ3v) is 4.57. The van der Waals surface area contributed by atoms with E-state index in [1.807, 2.05) is 10.7 Å². The smallest absolute Gasteiger partial charge is 0.121 e. The molecule has 4 rings (SSSR count). The van der Waals surface area contributed by atoms with Crippen molar-refractivity contribution < 1.29 is 13.9 Å². The molecule has 1 unspecified atom stereocenters. The second kappa shape index (κ2) is 6.82. The van der Waals surface area contributed by atoms with Crippen molar-refractivity contribution in [1.29, 1.82) is 0 Å². The summed E-state index contributed by atoms with van der Waals surface area (Å²) >= 11 is 0. The summed E-state index contributed by atoms with van der Waals surface area (Å²) in [7, 11) is 0. The molecule has 7 heteroatoms. The van der Waals surface area contributed by atoms with Gasteiger partial charge in [-0.05, 0) is 18.9 Å². The largest absolute Gasteiger partial charge is 0.472 e. The van der Waals surface area contributed by atoms with Crippen LogP contribution < -0.4 is 5.32 Å².